The highest BCUT2D eigenvalue weighted by atomic mass is 19.1. The van der Waals surface area contributed by atoms with Crippen LogP contribution in [0.15, 0.2) is 24.3 Å². The Hall–Kier alpha value is -2.01. The first kappa shape index (κ1) is 16.5. The zero-order chi connectivity index (χ0) is 18.0. The Morgan fingerprint density at radius 3 is 2.36 bits per heavy atom. The molecule has 1 aromatic heterocycles. The number of pyridine rings is 1. The Kier molecular flexibility index (Phi) is 3.45. The molecule has 5 heteroatoms. The molecule has 2 aromatic rings. The molecule has 1 atom stereocenters. The number of nitrogens with zero attached hydrogens (tertiary/aromatic N) is 1. The van der Waals surface area contributed by atoms with E-state index in [1.807, 2.05) is 6.07 Å². The van der Waals surface area contributed by atoms with Crippen LogP contribution in [0, 0.1) is 23.0 Å². The van der Waals surface area contributed by atoms with Crippen molar-refractivity contribution < 1.29 is 19.0 Å². The second kappa shape index (κ2) is 5.24. The average Bonchev–Trinajstić information content (AvgIpc) is 3.41. The van der Waals surface area contributed by atoms with Crippen LogP contribution in [0.1, 0.15) is 44.4 Å². The largest absolute Gasteiger partial charge is 0.503 e. The van der Waals surface area contributed by atoms with Crippen molar-refractivity contribution in [3.05, 3.63) is 47.2 Å². The van der Waals surface area contributed by atoms with Crippen LogP contribution in [0.25, 0.3) is 11.3 Å². The van der Waals surface area contributed by atoms with E-state index in [4.69, 9.17) is 0 Å². The molecule has 3 nitrogen and oxygen atoms in total. The van der Waals surface area contributed by atoms with Gasteiger partial charge in [-0.3, -0.25) is 4.98 Å². The first-order valence-corrected chi connectivity index (χ1v) is 8.65. The molecule has 0 radical (unpaired) electrons. The van der Waals surface area contributed by atoms with E-state index in [-0.39, 0.29) is 16.9 Å². The van der Waals surface area contributed by atoms with Gasteiger partial charge in [0.1, 0.15) is 0 Å². The maximum Gasteiger partial charge on any atom is 0.187 e. The summed E-state index contributed by atoms with van der Waals surface area (Å²) < 4.78 is 27.3. The number of hydrogen-bond acceptors (Lipinski definition) is 3. The summed E-state index contributed by atoms with van der Waals surface area (Å²) >= 11 is 0. The van der Waals surface area contributed by atoms with E-state index in [1.165, 1.54) is 0 Å². The van der Waals surface area contributed by atoms with Crippen molar-refractivity contribution in [2.75, 3.05) is 0 Å². The van der Waals surface area contributed by atoms with Crippen LogP contribution < -0.4 is 0 Å². The number of benzene rings is 1. The summed E-state index contributed by atoms with van der Waals surface area (Å²) in [6.45, 7) is 4.18. The topological polar surface area (TPSA) is 53.4 Å². The highest BCUT2D eigenvalue weighted by Gasteiger charge is 2.57. The van der Waals surface area contributed by atoms with E-state index in [9.17, 15) is 19.0 Å². The maximum atomic E-state index is 13.6. The molecule has 1 saturated carbocycles. The normalized spacial score (nSPS) is 24.8. The first-order chi connectivity index (χ1) is 11.7. The quantitative estimate of drug-likeness (QED) is 0.853. The fourth-order valence-corrected chi connectivity index (χ4v) is 4.17. The van der Waals surface area contributed by atoms with Gasteiger partial charge >= 0.3 is 0 Å². The molecule has 1 fully saturated rings. The van der Waals surface area contributed by atoms with Gasteiger partial charge in [0.25, 0.3) is 0 Å². The number of phenols is 1. The van der Waals surface area contributed by atoms with Gasteiger partial charge < -0.3 is 10.2 Å². The van der Waals surface area contributed by atoms with E-state index < -0.39 is 23.0 Å². The van der Waals surface area contributed by atoms with Gasteiger partial charge in [0.05, 0.1) is 11.3 Å². The van der Waals surface area contributed by atoms with Crippen LogP contribution >= 0.6 is 0 Å². The van der Waals surface area contributed by atoms with Crippen molar-refractivity contribution in [2.45, 2.75) is 45.1 Å². The van der Waals surface area contributed by atoms with Crippen LogP contribution in [0.4, 0.5) is 8.78 Å². The zero-order valence-electron chi connectivity index (χ0n) is 14.3. The van der Waals surface area contributed by atoms with E-state index >= 15 is 0 Å². The van der Waals surface area contributed by atoms with Crippen molar-refractivity contribution >= 4 is 0 Å². The predicted molar refractivity (Wildman–Crippen MR) is 90.0 cm³/mol. The van der Waals surface area contributed by atoms with Gasteiger partial charge in [0.15, 0.2) is 17.4 Å². The summed E-state index contributed by atoms with van der Waals surface area (Å²) in [5, 5.41) is 20.7. The summed E-state index contributed by atoms with van der Waals surface area (Å²) in [5.74, 6) is -2.75. The lowest BCUT2D eigenvalue weighted by molar-refractivity contribution is -0.105. The lowest BCUT2D eigenvalue weighted by Crippen LogP contribution is -2.47. The van der Waals surface area contributed by atoms with Gasteiger partial charge in [0.2, 0.25) is 0 Å². The third-order valence-corrected chi connectivity index (χ3v) is 5.88. The molecule has 1 heterocycles. The number of aryl methyl sites for hydroxylation is 1. The summed E-state index contributed by atoms with van der Waals surface area (Å²) in [6.07, 6.45) is 3.54. The molecular weight excluding hydrogens is 324 g/mol. The summed E-state index contributed by atoms with van der Waals surface area (Å²) in [7, 11) is 0. The van der Waals surface area contributed by atoms with Gasteiger partial charge in [-0.2, -0.15) is 0 Å². The molecule has 0 aliphatic heterocycles. The van der Waals surface area contributed by atoms with Gasteiger partial charge in [-0.05, 0) is 55.2 Å². The third kappa shape index (κ3) is 2.36. The molecule has 1 aromatic carbocycles. The number of aromatic nitrogens is 1. The Balaban J connectivity index is 1.82. The van der Waals surface area contributed by atoms with E-state index in [0.717, 1.165) is 42.7 Å². The molecule has 132 valence electrons. The smallest absolute Gasteiger partial charge is 0.187 e. The highest BCUT2D eigenvalue weighted by molar-refractivity contribution is 5.62. The zero-order valence-corrected chi connectivity index (χ0v) is 14.3. The summed E-state index contributed by atoms with van der Waals surface area (Å²) in [5.41, 5.74) is 1.21. The Morgan fingerprint density at radius 1 is 1.12 bits per heavy atom. The molecule has 0 spiro atoms. The number of halogens is 2. The fraction of sp³-hybridized carbons (Fsp3) is 0.450. The predicted octanol–water partition coefficient (Wildman–Crippen LogP) is 4.30. The molecule has 2 aliphatic rings. The van der Waals surface area contributed by atoms with Gasteiger partial charge in [-0.1, -0.05) is 19.9 Å². The standard InChI is InChI=1S/C20H21F2NO2/c1-19(2)8-7-17-13(20(19,25)12-3-4-12)5-6-16(23-17)11-9-14(21)18(24)15(22)10-11/h5-6,9-10,12,24-25H,3-4,7-8H2,1-2H3. The number of fused-ring (bicyclic) bond motifs is 1. The Bertz CT molecular complexity index is 838. The van der Waals surface area contributed by atoms with Crippen molar-refractivity contribution in [3.63, 3.8) is 0 Å². The minimum Gasteiger partial charge on any atom is -0.503 e. The molecule has 0 saturated heterocycles. The fourth-order valence-electron chi connectivity index (χ4n) is 4.17. The minimum atomic E-state index is -1.01. The SMILES string of the molecule is CC1(C)CCc2nc(-c3cc(F)c(O)c(F)c3)ccc2C1(O)C1CC1. The van der Waals surface area contributed by atoms with Crippen molar-refractivity contribution in [3.8, 4) is 17.0 Å². The number of aliphatic hydroxyl groups is 1. The molecule has 0 bridgehead atoms. The molecule has 2 aliphatic carbocycles. The van der Waals surface area contributed by atoms with Gasteiger partial charge in [0, 0.05) is 16.8 Å². The van der Waals surface area contributed by atoms with Crippen LogP contribution in [0.5, 0.6) is 5.75 Å². The number of hydrogen-bond donors (Lipinski definition) is 2. The monoisotopic (exact) mass is 345 g/mol. The molecule has 2 N–H and O–H groups in total. The highest BCUT2D eigenvalue weighted by Crippen LogP contribution is 2.59. The number of phenolic OH excluding ortho intramolecular Hbond substituents is 1. The minimum absolute atomic E-state index is 0.235. The van der Waals surface area contributed by atoms with E-state index in [1.54, 1.807) is 6.07 Å². The first-order valence-electron chi connectivity index (χ1n) is 8.65. The molecular formula is C20H21F2NO2. The Morgan fingerprint density at radius 2 is 1.76 bits per heavy atom. The lowest BCUT2D eigenvalue weighted by Gasteiger charge is -2.47. The van der Waals surface area contributed by atoms with Gasteiger partial charge in [-0.15, -0.1) is 0 Å². The van der Waals surface area contributed by atoms with Crippen LogP contribution in [0.2, 0.25) is 0 Å². The van der Waals surface area contributed by atoms with Crippen molar-refractivity contribution in [1.29, 1.82) is 0 Å². The second-order valence-corrected chi connectivity index (χ2v) is 7.90. The number of rotatable bonds is 2. The van der Waals surface area contributed by atoms with Crippen molar-refractivity contribution in [1.82, 2.24) is 4.98 Å². The third-order valence-electron chi connectivity index (χ3n) is 5.88. The van der Waals surface area contributed by atoms with Crippen molar-refractivity contribution in [2.24, 2.45) is 11.3 Å². The molecule has 4 rings (SSSR count). The van der Waals surface area contributed by atoms with Crippen LogP contribution in [-0.4, -0.2) is 15.2 Å². The van der Waals surface area contributed by atoms with Gasteiger partial charge in [-0.25, -0.2) is 8.78 Å². The van der Waals surface area contributed by atoms with E-state index in [2.05, 4.69) is 18.8 Å². The van der Waals surface area contributed by atoms with Crippen LogP contribution in [-0.2, 0) is 12.0 Å². The summed E-state index contributed by atoms with van der Waals surface area (Å²) in [4.78, 5) is 4.59. The molecule has 0 amide bonds. The molecule has 25 heavy (non-hydrogen) atoms. The number of aromatic hydroxyl groups is 1. The van der Waals surface area contributed by atoms with E-state index in [0.29, 0.717) is 12.1 Å². The maximum absolute atomic E-state index is 13.6. The van der Waals surface area contributed by atoms with Crippen LogP contribution in [0.3, 0.4) is 0 Å². The summed E-state index contributed by atoms with van der Waals surface area (Å²) in [6, 6.07) is 5.69. The second-order valence-electron chi connectivity index (χ2n) is 7.90. The Labute approximate surface area is 145 Å². The average molecular weight is 345 g/mol. The lowest BCUT2D eigenvalue weighted by atomic mass is 9.61. The molecule has 1 unspecified atom stereocenters.